The summed E-state index contributed by atoms with van der Waals surface area (Å²) in [5, 5.41) is 43.4. The quantitative estimate of drug-likeness (QED) is 0.520. The molecule has 2 aromatic rings. The maximum Gasteiger partial charge on any atom is 0.269 e. The third-order valence-electron chi connectivity index (χ3n) is 5.21. The molecule has 2 unspecified atom stereocenters. The van der Waals surface area contributed by atoms with Gasteiger partial charge in [-0.2, -0.15) is 0 Å². The highest BCUT2D eigenvalue weighted by Gasteiger charge is 2.44. The van der Waals surface area contributed by atoms with Crippen LogP contribution in [0.2, 0.25) is 0 Å². The minimum absolute atomic E-state index is 0.154. The largest absolute Gasteiger partial charge is 0.388 e. The van der Waals surface area contributed by atoms with Gasteiger partial charge in [0.15, 0.2) is 12.6 Å². The number of fused-ring (bicyclic) bond motifs is 2. The van der Waals surface area contributed by atoms with Crippen molar-refractivity contribution < 1.29 is 39.0 Å². The van der Waals surface area contributed by atoms with Crippen LogP contribution in [0, 0.1) is 20.2 Å². The molecule has 2 aliphatic heterocycles. The Morgan fingerprint density at radius 1 is 0.812 bits per heavy atom. The Bertz CT molecular complexity index is 1000. The zero-order chi connectivity index (χ0) is 22.8. The zero-order valence-corrected chi connectivity index (χ0v) is 16.6. The topological polar surface area (TPSA) is 164 Å². The Hall–Kier alpha value is -3.00. The Kier molecular flexibility index (Phi) is 6.41. The van der Waals surface area contributed by atoms with Crippen LogP contribution in [0.25, 0.3) is 0 Å². The third kappa shape index (κ3) is 4.60. The summed E-state index contributed by atoms with van der Waals surface area (Å²) < 4.78 is 22.8. The number of benzene rings is 2. The van der Waals surface area contributed by atoms with Crippen LogP contribution >= 0.6 is 0 Å². The number of aliphatic hydroxyl groups is 2. The Morgan fingerprint density at radius 2 is 1.38 bits per heavy atom. The first-order chi connectivity index (χ1) is 15.3. The second-order valence-electron chi connectivity index (χ2n) is 7.37. The smallest absolute Gasteiger partial charge is 0.269 e. The molecular formula is C20H20N2O10. The molecule has 4 rings (SSSR count). The van der Waals surface area contributed by atoms with Crippen LogP contribution in [-0.2, 0) is 18.9 Å². The van der Waals surface area contributed by atoms with E-state index in [-0.39, 0.29) is 24.6 Å². The van der Waals surface area contributed by atoms with Gasteiger partial charge in [0.25, 0.3) is 11.4 Å². The van der Waals surface area contributed by atoms with E-state index in [1.54, 1.807) is 12.1 Å². The lowest BCUT2D eigenvalue weighted by atomic mass is 10.0. The molecule has 0 aromatic heterocycles. The maximum atomic E-state index is 11.1. The molecule has 2 saturated heterocycles. The number of nitro benzene ring substituents is 2. The first-order valence-corrected chi connectivity index (χ1v) is 9.72. The summed E-state index contributed by atoms with van der Waals surface area (Å²) in [6.07, 6.45) is -6.80. The first-order valence-electron chi connectivity index (χ1n) is 9.72. The number of aliphatic hydroxyl groups excluding tert-OH is 2. The molecule has 0 spiro atoms. The number of nitro groups is 2. The Morgan fingerprint density at radius 3 is 1.97 bits per heavy atom. The van der Waals surface area contributed by atoms with Gasteiger partial charge in [-0.1, -0.05) is 24.3 Å². The standard InChI is InChI=1S/C20H20N2O10/c23-15-9-29-19(11-3-1-5-13(7-11)21(25)26)30-10-16-17(24)18(15)32-20(31-16)12-4-2-6-14(8-12)22(27)28/h1-8,15-20,23-24H,9-10H2/t15-,16+,17+,18+,19?,20?/m1/s1. The van der Waals surface area contributed by atoms with E-state index in [4.69, 9.17) is 18.9 Å². The molecule has 170 valence electrons. The summed E-state index contributed by atoms with van der Waals surface area (Å²) in [5.74, 6) is 0. The lowest BCUT2D eigenvalue weighted by Gasteiger charge is -2.40. The zero-order valence-electron chi connectivity index (χ0n) is 16.6. The Labute approximate surface area is 181 Å². The molecule has 0 amide bonds. The number of hydrogen-bond donors (Lipinski definition) is 2. The van der Waals surface area contributed by atoms with Crippen molar-refractivity contribution in [1.29, 1.82) is 0 Å². The molecule has 12 nitrogen and oxygen atoms in total. The van der Waals surface area contributed by atoms with Gasteiger partial charge in [0.1, 0.15) is 24.4 Å². The van der Waals surface area contributed by atoms with Crippen molar-refractivity contribution in [3.63, 3.8) is 0 Å². The van der Waals surface area contributed by atoms with Gasteiger partial charge in [-0.3, -0.25) is 20.2 Å². The van der Waals surface area contributed by atoms with E-state index >= 15 is 0 Å². The summed E-state index contributed by atoms with van der Waals surface area (Å²) >= 11 is 0. The molecule has 0 radical (unpaired) electrons. The summed E-state index contributed by atoms with van der Waals surface area (Å²) in [6, 6.07) is 11.3. The van der Waals surface area contributed by atoms with Crippen molar-refractivity contribution in [2.24, 2.45) is 0 Å². The third-order valence-corrected chi connectivity index (χ3v) is 5.21. The van der Waals surface area contributed by atoms with Crippen LogP contribution in [0.15, 0.2) is 48.5 Å². The van der Waals surface area contributed by atoms with E-state index in [2.05, 4.69) is 0 Å². The average molecular weight is 448 g/mol. The minimum Gasteiger partial charge on any atom is -0.388 e. The van der Waals surface area contributed by atoms with E-state index in [1.165, 1.54) is 36.4 Å². The lowest BCUT2D eigenvalue weighted by Crippen LogP contribution is -2.54. The summed E-state index contributed by atoms with van der Waals surface area (Å²) in [5.41, 5.74) is 0.375. The van der Waals surface area contributed by atoms with Gasteiger partial charge in [-0.05, 0) is 0 Å². The molecule has 12 heteroatoms. The molecule has 2 aromatic carbocycles. The molecule has 32 heavy (non-hydrogen) atoms. The van der Waals surface area contributed by atoms with Gasteiger partial charge in [0, 0.05) is 35.4 Å². The minimum atomic E-state index is -1.29. The predicted octanol–water partition coefficient (Wildman–Crippen LogP) is 1.75. The number of hydrogen-bond acceptors (Lipinski definition) is 10. The number of nitrogens with zero attached hydrogens (tertiary/aromatic N) is 2. The highest BCUT2D eigenvalue weighted by molar-refractivity contribution is 5.35. The molecule has 2 fully saturated rings. The van der Waals surface area contributed by atoms with Gasteiger partial charge in [0.05, 0.1) is 23.1 Å². The molecule has 2 heterocycles. The summed E-state index contributed by atoms with van der Waals surface area (Å²) in [7, 11) is 0. The van der Waals surface area contributed by atoms with Crippen molar-refractivity contribution in [3.8, 4) is 0 Å². The fourth-order valence-electron chi connectivity index (χ4n) is 3.59. The van der Waals surface area contributed by atoms with E-state index in [0.717, 1.165) is 0 Å². The Balaban J connectivity index is 1.58. The van der Waals surface area contributed by atoms with Crippen molar-refractivity contribution in [1.82, 2.24) is 0 Å². The van der Waals surface area contributed by atoms with Crippen molar-refractivity contribution in [3.05, 3.63) is 79.9 Å². The van der Waals surface area contributed by atoms with Gasteiger partial charge in [0.2, 0.25) is 0 Å². The molecule has 0 saturated carbocycles. The number of non-ortho nitro benzene ring substituents is 2. The fourth-order valence-corrected chi connectivity index (χ4v) is 3.59. The summed E-state index contributed by atoms with van der Waals surface area (Å²) in [4.78, 5) is 21.0. The van der Waals surface area contributed by atoms with Gasteiger partial charge >= 0.3 is 0 Å². The van der Waals surface area contributed by atoms with Crippen LogP contribution in [0.3, 0.4) is 0 Å². The van der Waals surface area contributed by atoms with Crippen molar-refractivity contribution in [2.75, 3.05) is 13.2 Å². The molecule has 2 bridgehead atoms. The SMILES string of the molecule is O=[N+]([O-])c1cccc(C2OC[C@@H](O)[C@@H]3OC(c4cccc([N+](=O)[O-])c4)O[C@@H](CO2)[C@@H]3O)c1. The van der Waals surface area contributed by atoms with Gasteiger partial charge < -0.3 is 29.2 Å². The predicted molar refractivity (Wildman–Crippen MR) is 105 cm³/mol. The number of ether oxygens (including phenoxy) is 4. The van der Waals surface area contributed by atoms with E-state index < -0.39 is 46.8 Å². The van der Waals surface area contributed by atoms with Crippen LogP contribution in [0.5, 0.6) is 0 Å². The van der Waals surface area contributed by atoms with Crippen LogP contribution in [-0.4, -0.2) is 57.7 Å². The second kappa shape index (κ2) is 9.24. The van der Waals surface area contributed by atoms with E-state index in [0.29, 0.717) is 11.1 Å². The van der Waals surface area contributed by atoms with Crippen molar-refractivity contribution in [2.45, 2.75) is 37.0 Å². The van der Waals surface area contributed by atoms with E-state index in [1.807, 2.05) is 0 Å². The molecular weight excluding hydrogens is 428 g/mol. The summed E-state index contributed by atoms with van der Waals surface area (Å²) in [6.45, 7) is -0.490. The fraction of sp³-hybridized carbons (Fsp3) is 0.400. The van der Waals surface area contributed by atoms with Crippen LogP contribution in [0.4, 0.5) is 11.4 Å². The van der Waals surface area contributed by atoms with Gasteiger partial charge in [-0.25, -0.2) is 0 Å². The monoisotopic (exact) mass is 448 g/mol. The average Bonchev–Trinajstić information content (AvgIpc) is 2.82. The van der Waals surface area contributed by atoms with Crippen LogP contribution in [0.1, 0.15) is 23.7 Å². The van der Waals surface area contributed by atoms with E-state index in [9.17, 15) is 30.4 Å². The normalized spacial score (nSPS) is 30.6. The highest BCUT2D eigenvalue weighted by atomic mass is 16.7. The maximum absolute atomic E-state index is 11.1. The highest BCUT2D eigenvalue weighted by Crippen LogP contribution is 2.35. The van der Waals surface area contributed by atoms with Gasteiger partial charge in [-0.15, -0.1) is 0 Å². The van der Waals surface area contributed by atoms with Crippen molar-refractivity contribution >= 4 is 11.4 Å². The molecule has 2 aliphatic rings. The lowest BCUT2D eigenvalue weighted by molar-refractivity contribution is -0.385. The second-order valence-corrected chi connectivity index (χ2v) is 7.37. The number of rotatable bonds is 4. The molecule has 6 atom stereocenters. The first kappa shape index (κ1) is 22.2. The molecule has 0 aliphatic carbocycles. The molecule has 2 N–H and O–H groups in total. The van der Waals surface area contributed by atoms with Crippen LogP contribution < -0.4 is 0 Å².